The lowest BCUT2D eigenvalue weighted by molar-refractivity contribution is -0.145. The van der Waals surface area contributed by atoms with Crippen LogP contribution < -0.4 is 5.32 Å². The van der Waals surface area contributed by atoms with Crippen molar-refractivity contribution in [1.82, 2.24) is 5.32 Å². The van der Waals surface area contributed by atoms with Crippen LogP contribution in [0.4, 0.5) is 0 Å². The second-order valence-corrected chi connectivity index (χ2v) is 6.25. The van der Waals surface area contributed by atoms with E-state index in [2.05, 4.69) is 5.32 Å². The monoisotopic (exact) mass is 375 g/mol. The van der Waals surface area contributed by atoms with Crippen molar-refractivity contribution >= 4 is 23.4 Å². The lowest BCUT2D eigenvalue weighted by Gasteiger charge is -2.17. The van der Waals surface area contributed by atoms with E-state index in [1.165, 1.54) is 0 Å². The largest absolute Gasteiger partial charge is 0.508 e. The Hall–Kier alpha value is -2.37. The summed E-state index contributed by atoms with van der Waals surface area (Å²) in [6.07, 6.45) is 0.668. The van der Waals surface area contributed by atoms with Crippen LogP contribution in [0.1, 0.15) is 29.3 Å². The molecule has 0 unspecified atom stereocenters. The smallest absolute Gasteiger partial charge is 0.323 e. The van der Waals surface area contributed by atoms with Gasteiger partial charge in [-0.05, 0) is 55.3 Å². The first-order chi connectivity index (χ1) is 12.5. The minimum Gasteiger partial charge on any atom is -0.508 e. The molecule has 0 fully saturated rings. The van der Waals surface area contributed by atoms with Gasteiger partial charge in [0.2, 0.25) is 0 Å². The van der Waals surface area contributed by atoms with E-state index in [1.807, 2.05) is 0 Å². The van der Waals surface area contributed by atoms with Gasteiger partial charge >= 0.3 is 5.97 Å². The number of rotatable bonds is 9. The number of carbonyl (C=O) groups is 2. The average Bonchev–Trinajstić information content (AvgIpc) is 2.63. The first-order valence-corrected chi connectivity index (χ1v) is 8.84. The summed E-state index contributed by atoms with van der Waals surface area (Å²) in [6.45, 7) is 2.39. The number of phenols is 1. The number of hydrogen-bond donors (Lipinski definition) is 2. The summed E-state index contributed by atoms with van der Waals surface area (Å²) in [5, 5.41) is 13.0. The van der Waals surface area contributed by atoms with Crippen LogP contribution in [0.3, 0.4) is 0 Å². The van der Waals surface area contributed by atoms with E-state index in [0.29, 0.717) is 23.6 Å². The Morgan fingerprint density at radius 3 is 2.38 bits per heavy atom. The molecule has 0 heterocycles. The van der Waals surface area contributed by atoms with Crippen molar-refractivity contribution in [3.63, 3.8) is 0 Å². The molecule has 0 aromatic heterocycles. The summed E-state index contributed by atoms with van der Waals surface area (Å²) in [5.41, 5.74) is 1.47. The third-order valence-corrected chi connectivity index (χ3v) is 4.11. The first-order valence-electron chi connectivity index (χ1n) is 8.46. The van der Waals surface area contributed by atoms with Crippen LogP contribution >= 0.6 is 11.6 Å². The minimum absolute atomic E-state index is 0.0265. The molecule has 2 rings (SSSR count). The molecule has 0 saturated carbocycles. The van der Waals surface area contributed by atoms with E-state index in [9.17, 15) is 14.7 Å². The van der Waals surface area contributed by atoms with Gasteiger partial charge in [-0.25, -0.2) is 0 Å². The number of benzene rings is 2. The van der Waals surface area contributed by atoms with Crippen LogP contribution in [0.15, 0.2) is 48.5 Å². The Kier molecular flexibility index (Phi) is 7.63. The molecule has 2 aromatic carbocycles. The van der Waals surface area contributed by atoms with Gasteiger partial charge in [0, 0.05) is 23.6 Å². The second kappa shape index (κ2) is 9.94. The molecule has 0 amide bonds. The van der Waals surface area contributed by atoms with Crippen molar-refractivity contribution in [2.75, 3.05) is 13.2 Å². The number of hydrogen-bond acceptors (Lipinski definition) is 5. The number of ketones is 1. The number of ether oxygens (including phenoxy) is 1. The number of carbonyl (C=O) groups excluding carboxylic acids is 2. The van der Waals surface area contributed by atoms with Crippen molar-refractivity contribution in [2.45, 2.75) is 25.8 Å². The maximum absolute atomic E-state index is 12.2. The molecule has 0 spiro atoms. The molecule has 0 bridgehead atoms. The van der Waals surface area contributed by atoms with Crippen molar-refractivity contribution < 1.29 is 19.4 Å². The fraction of sp³-hybridized carbons (Fsp3) is 0.300. The molecule has 0 aliphatic heterocycles. The third kappa shape index (κ3) is 6.17. The van der Waals surface area contributed by atoms with Crippen LogP contribution in [-0.4, -0.2) is 36.1 Å². The molecule has 0 radical (unpaired) electrons. The summed E-state index contributed by atoms with van der Waals surface area (Å²) in [5.74, 6) is -0.219. The van der Waals surface area contributed by atoms with Gasteiger partial charge in [-0.15, -0.1) is 0 Å². The molecule has 0 aliphatic rings. The lowest BCUT2D eigenvalue weighted by Crippen LogP contribution is -2.40. The third-order valence-electron chi connectivity index (χ3n) is 3.86. The normalized spacial score (nSPS) is 11.8. The van der Waals surface area contributed by atoms with Crippen LogP contribution in [0.5, 0.6) is 5.75 Å². The Bertz CT molecular complexity index is 728. The van der Waals surface area contributed by atoms with E-state index >= 15 is 0 Å². The van der Waals surface area contributed by atoms with E-state index in [4.69, 9.17) is 16.3 Å². The molecule has 0 aliphatic carbocycles. The molecule has 26 heavy (non-hydrogen) atoms. The zero-order chi connectivity index (χ0) is 18.9. The number of nitrogens with one attached hydrogen (secondary N) is 1. The second-order valence-electron chi connectivity index (χ2n) is 5.81. The molecular weight excluding hydrogens is 354 g/mol. The van der Waals surface area contributed by atoms with Crippen LogP contribution in [0.25, 0.3) is 0 Å². The van der Waals surface area contributed by atoms with Gasteiger partial charge < -0.3 is 15.2 Å². The van der Waals surface area contributed by atoms with Gasteiger partial charge in [-0.2, -0.15) is 0 Å². The molecule has 2 N–H and O–H groups in total. The number of Topliss-reactive ketones (excluding diaryl/α,β-unsaturated/α-hetero) is 1. The number of aromatic hydroxyl groups is 1. The van der Waals surface area contributed by atoms with Gasteiger partial charge in [0.15, 0.2) is 5.78 Å². The molecule has 1 atom stereocenters. The Morgan fingerprint density at radius 2 is 1.77 bits per heavy atom. The van der Waals surface area contributed by atoms with Gasteiger partial charge in [0.25, 0.3) is 0 Å². The molecule has 138 valence electrons. The van der Waals surface area contributed by atoms with Crippen molar-refractivity contribution in [3.05, 3.63) is 64.7 Å². The zero-order valence-electron chi connectivity index (χ0n) is 14.6. The Labute approximate surface area is 157 Å². The zero-order valence-corrected chi connectivity index (χ0v) is 15.3. The fourth-order valence-corrected chi connectivity index (χ4v) is 2.62. The number of halogens is 1. The van der Waals surface area contributed by atoms with E-state index in [0.717, 1.165) is 5.56 Å². The van der Waals surface area contributed by atoms with Gasteiger partial charge in [-0.1, -0.05) is 23.7 Å². The quantitative estimate of drug-likeness (QED) is 0.519. The molecule has 2 aromatic rings. The summed E-state index contributed by atoms with van der Waals surface area (Å²) < 4.78 is 5.10. The van der Waals surface area contributed by atoms with Crippen LogP contribution in [0.2, 0.25) is 5.02 Å². The maximum Gasteiger partial charge on any atom is 0.323 e. The highest BCUT2D eigenvalue weighted by molar-refractivity contribution is 6.30. The highest BCUT2D eigenvalue weighted by Gasteiger charge is 2.20. The van der Waals surface area contributed by atoms with Crippen molar-refractivity contribution in [1.29, 1.82) is 0 Å². The Balaban J connectivity index is 1.93. The average molecular weight is 376 g/mol. The summed E-state index contributed by atoms with van der Waals surface area (Å²) in [7, 11) is 0. The molecule has 5 nitrogen and oxygen atoms in total. The molecule has 0 saturated heterocycles. The summed E-state index contributed by atoms with van der Waals surface area (Å²) in [4.78, 5) is 24.4. The maximum atomic E-state index is 12.2. The van der Waals surface area contributed by atoms with Gasteiger partial charge in [0.05, 0.1) is 6.61 Å². The highest BCUT2D eigenvalue weighted by Crippen LogP contribution is 2.13. The SMILES string of the molecule is CCOC(=O)[C@H](Cc1ccc(O)cc1)NCCC(=O)c1ccc(Cl)cc1. The summed E-state index contributed by atoms with van der Waals surface area (Å²) in [6, 6.07) is 12.8. The van der Waals surface area contributed by atoms with Crippen LogP contribution in [-0.2, 0) is 16.0 Å². The lowest BCUT2D eigenvalue weighted by atomic mass is 10.0. The fourth-order valence-electron chi connectivity index (χ4n) is 2.49. The predicted octanol–water partition coefficient (Wildman–Crippen LogP) is 3.38. The predicted molar refractivity (Wildman–Crippen MR) is 101 cm³/mol. The standard InChI is InChI=1S/C20H22ClNO4/c1-2-26-20(25)18(13-14-3-9-17(23)10-4-14)22-12-11-19(24)15-5-7-16(21)8-6-15/h3-10,18,22-23H,2,11-13H2,1H3/t18-/m0/s1. The molecule has 6 heteroatoms. The van der Waals surface area contributed by atoms with Gasteiger partial charge in [0.1, 0.15) is 11.8 Å². The van der Waals surface area contributed by atoms with Crippen molar-refractivity contribution in [2.24, 2.45) is 0 Å². The van der Waals surface area contributed by atoms with E-state index < -0.39 is 6.04 Å². The van der Waals surface area contributed by atoms with Crippen LogP contribution in [0, 0.1) is 0 Å². The Morgan fingerprint density at radius 1 is 1.12 bits per heavy atom. The highest BCUT2D eigenvalue weighted by atomic mass is 35.5. The first kappa shape index (κ1) is 19.9. The number of esters is 1. The minimum atomic E-state index is -0.558. The van der Waals surface area contributed by atoms with E-state index in [1.54, 1.807) is 55.5 Å². The topological polar surface area (TPSA) is 75.6 Å². The van der Waals surface area contributed by atoms with E-state index in [-0.39, 0.29) is 30.5 Å². The molecular formula is C20H22ClNO4. The summed E-state index contributed by atoms with van der Waals surface area (Å²) >= 11 is 5.82. The van der Waals surface area contributed by atoms with Crippen molar-refractivity contribution in [3.8, 4) is 5.75 Å². The number of phenolic OH excluding ortho intramolecular Hbond substituents is 1. The van der Waals surface area contributed by atoms with Gasteiger partial charge in [-0.3, -0.25) is 9.59 Å².